The second-order valence-electron chi connectivity index (χ2n) is 20.3. The first-order chi connectivity index (χ1) is 33.0. The van der Waals surface area contributed by atoms with Gasteiger partial charge in [-0.25, -0.2) is 0 Å². The number of aliphatic hydroxyl groups excluding tert-OH is 2. The largest absolute Gasteiger partial charge is 0.466 e. The minimum absolute atomic E-state index is 0.00545. The zero-order valence-corrected chi connectivity index (χ0v) is 44.9. The first-order valence-corrected chi connectivity index (χ1v) is 29.8. The highest BCUT2D eigenvalue weighted by atomic mass is 16.5. The summed E-state index contributed by atoms with van der Waals surface area (Å²) >= 11 is 0. The number of allylic oxidation sites excluding steroid dienone is 5. The molecule has 0 aliphatic rings. The molecule has 0 aromatic carbocycles. The Morgan fingerprint density at radius 3 is 1.06 bits per heavy atom. The van der Waals surface area contributed by atoms with Crippen LogP contribution in [-0.2, 0) is 14.3 Å². The van der Waals surface area contributed by atoms with Crippen LogP contribution in [-0.4, -0.2) is 47.4 Å². The fourth-order valence-corrected chi connectivity index (χ4v) is 9.03. The van der Waals surface area contributed by atoms with Crippen LogP contribution >= 0.6 is 0 Å². The first kappa shape index (κ1) is 65.1. The van der Waals surface area contributed by atoms with E-state index in [1.54, 1.807) is 6.08 Å². The molecule has 0 aromatic rings. The number of aliphatic hydroxyl groups is 2. The quantitative estimate of drug-likeness (QED) is 0.0321. The second kappa shape index (κ2) is 56.7. The van der Waals surface area contributed by atoms with Gasteiger partial charge < -0.3 is 20.3 Å². The Morgan fingerprint density at radius 2 is 0.701 bits per heavy atom. The molecule has 0 radical (unpaired) electrons. The zero-order valence-electron chi connectivity index (χ0n) is 44.9. The molecule has 0 rings (SSSR count). The van der Waals surface area contributed by atoms with Crippen molar-refractivity contribution >= 4 is 11.9 Å². The molecule has 0 saturated carbocycles. The van der Waals surface area contributed by atoms with E-state index >= 15 is 0 Å². The lowest BCUT2D eigenvalue weighted by atomic mass is 10.0. The van der Waals surface area contributed by atoms with Crippen molar-refractivity contribution in [2.45, 2.75) is 328 Å². The number of hydrogen-bond acceptors (Lipinski definition) is 5. The summed E-state index contributed by atoms with van der Waals surface area (Å²) in [7, 11) is 0. The molecule has 0 saturated heterocycles. The number of carbonyl (C=O) groups is 2. The lowest BCUT2D eigenvalue weighted by Gasteiger charge is -2.20. The van der Waals surface area contributed by atoms with Crippen molar-refractivity contribution < 1.29 is 24.5 Å². The lowest BCUT2D eigenvalue weighted by Crippen LogP contribution is -2.45. The van der Waals surface area contributed by atoms with Gasteiger partial charge in [-0.1, -0.05) is 256 Å². The van der Waals surface area contributed by atoms with Gasteiger partial charge in [-0.2, -0.15) is 0 Å². The SMILES string of the molecule is CCCCCCC/C=C\CCCCCCCC(=O)OCCCCCCCCCC/C=C\CCCCCCCCCC(=O)NC(CO)C(O)/C=C/CCCCCCCCCCCCCCCCC. The summed E-state index contributed by atoms with van der Waals surface area (Å²) in [4.78, 5) is 24.5. The van der Waals surface area contributed by atoms with Gasteiger partial charge >= 0.3 is 5.97 Å². The van der Waals surface area contributed by atoms with Crippen molar-refractivity contribution in [3.8, 4) is 0 Å². The maximum atomic E-state index is 12.5. The summed E-state index contributed by atoms with van der Waals surface area (Å²) < 4.78 is 5.47. The Bertz CT molecular complexity index is 1090. The van der Waals surface area contributed by atoms with Gasteiger partial charge in [0.1, 0.15) is 0 Å². The Morgan fingerprint density at radius 1 is 0.403 bits per heavy atom. The van der Waals surface area contributed by atoms with Crippen molar-refractivity contribution in [1.29, 1.82) is 0 Å². The summed E-state index contributed by atoms with van der Waals surface area (Å²) in [6.45, 7) is 4.89. The Kier molecular flexibility index (Phi) is 55.0. The summed E-state index contributed by atoms with van der Waals surface area (Å²) in [5, 5.41) is 23.1. The molecule has 0 spiro atoms. The monoisotopic (exact) mass is 942 g/mol. The van der Waals surface area contributed by atoms with Gasteiger partial charge in [-0.3, -0.25) is 9.59 Å². The van der Waals surface area contributed by atoms with E-state index in [1.165, 1.54) is 238 Å². The van der Waals surface area contributed by atoms with Crippen molar-refractivity contribution in [3.63, 3.8) is 0 Å². The summed E-state index contributed by atoms with van der Waals surface area (Å²) in [5.74, 6) is -0.0820. The van der Waals surface area contributed by atoms with Crippen LogP contribution in [0.15, 0.2) is 36.5 Å². The topological polar surface area (TPSA) is 95.9 Å². The number of esters is 1. The molecule has 0 heterocycles. The van der Waals surface area contributed by atoms with Gasteiger partial charge in [-0.05, 0) is 83.5 Å². The predicted molar refractivity (Wildman–Crippen MR) is 292 cm³/mol. The summed E-state index contributed by atoms with van der Waals surface area (Å²) in [6.07, 6.45) is 70.2. The molecule has 394 valence electrons. The molecule has 0 aliphatic carbocycles. The van der Waals surface area contributed by atoms with Crippen LogP contribution in [0.2, 0.25) is 0 Å². The normalized spacial score (nSPS) is 12.8. The van der Waals surface area contributed by atoms with E-state index in [-0.39, 0.29) is 18.5 Å². The first-order valence-electron chi connectivity index (χ1n) is 29.8. The molecule has 2 unspecified atom stereocenters. The van der Waals surface area contributed by atoms with Crippen molar-refractivity contribution in [3.05, 3.63) is 36.5 Å². The third-order valence-electron chi connectivity index (χ3n) is 13.6. The van der Waals surface area contributed by atoms with Gasteiger partial charge in [0, 0.05) is 12.8 Å². The van der Waals surface area contributed by atoms with E-state index in [2.05, 4.69) is 43.5 Å². The number of unbranched alkanes of at least 4 members (excludes halogenated alkanes) is 40. The fraction of sp³-hybridized carbons (Fsp3) is 0.869. The maximum absolute atomic E-state index is 12.5. The number of carbonyl (C=O) groups excluding carboxylic acids is 2. The Balaban J connectivity index is 3.48. The lowest BCUT2D eigenvalue weighted by molar-refractivity contribution is -0.143. The number of ether oxygens (including phenoxy) is 1. The van der Waals surface area contributed by atoms with Gasteiger partial charge in [0.2, 0.25) is 5.91 Å². The molecule has 0 bridgehead atoms. The Labute approximate surface area is 417 Å². The summed E-state index contributed by atoms with van der Waals surface area (Å²) in [6, 6.07) is -0.635. The van der Waals surface area contributed by atoms with Crippen molar-refractivity contribution in [2.75, 3.05) is 13.2 Å². The molecule has 6 heteroatoms. The van der Waals surface area contributed by atoms with Crippen LogP contribution in [0, 0.1) is 0 Å². The van der Waals surface area contributed by atoms with Gasteiger partial charge in [-0.15, -0.1) is 0 Å². The number of rotatable bonds is 55. The molecule has 0 aromatic heterocycles. The molecular formula is C61H115NO5. The average molecular weight is 943 g/mol. The molecule has 3 N–H and O–H groups in total. The van der Waals surface area contributed by atoms with Gasteiger partial charge in [0.15, 0.2) is 0 Å². The number of hydrogen-bond donors (Lipinski definition) is 3. The predicted octanol–water partition coefficient (Wildman–Crippen LogP) is 18.4. The zero-order chi connectivity index (χ0) is 48.6. The molecular weight excluding hydrogens is 827 g/mol. The summed E-state index contributed by atoms with van der Waals surface area (Å²) in [5.41, 5.74) is 0. The average Bonchev–Trinajstić information content (AvgIpc) is 3.33. The van der Waals surface area contributed by atoms with Crippen LogP contribution in [0.1, 0.15) is 316 Å². The third-order valence-corrected chi connectivity index (χ3v) is 13.6. The highest BCUT2D eigenvalue weighted by Gasteiger charge is 2.18. The van der Waals surface area contributed by atoms with Crippen LogP contribution in [0.3, 0.4) is 0 Å². The van der Waals surface area contributed by atoms with E-state index < -0.39 is 12.1 Å². The van der Waals surface area contributed by atoms with Crippen LogP contribution in [0.5, 0.6) is 0 Å². The van der Waals surface area contributed by atoms with E-state index in [9.17, 15) is 19.8 Å². The molecule has 6 nitrogen and oxygen atoms in total. The van der Waals surface area contributed by atoms with E-state index in [4.69, 9.17) is 4.74 Å². The van der Waals surface area contributed by atoms with Gasteiger partial charge in [0.05, 0.1) is 25.4 Å². The van der Waals surface area contributed by atoms with E-state index in [0.717, 1.165) is 51.4 Å². The van der Waals surface area contributed by atoms with Crippen LogP contribution in [0.25, 0.3) is 0 Å². The van der Waals surface area contributed by atoms with Gasteiger partial charge in [0.25, 0.3) is 0 Å². The van der Waals surface area contributed by atoms with Crippen molar-refractivity contribution in [2.24, 2.45) is 0 Å². The van der Waals surface area contributed by atoms with Crippen molar-refractivity contribution in [1.82, 2.24) is 5.32 Å². The molecule has 67 heavy (non-hydrogen) atoms. The third kappa shape index (κ3) is 53.3. The van der Waals surface area contributed by atoms with E-state index in [0.29, 0.717) is 19.4 Å². The van der Waals surface area contributed by atoms with Crippen LogP contribution in [0.4, 0.5) is 0 Å². The standard InChI is InChI=1S/C61H115NO5/c1-3-5-7-9-11-13-15-17-19-23-26-29-33-37-41-45-49-53-59(64)58(57-63)62-60(65)54-50-46-42-38-34-30-27-24-21-20-22-25-28-32-36-40-44-48-52-56-67-61(66)55-51-47-43-39-35-31-18-16-14-12-10-8-6-4-2/h16,18,20-21,49,53,58-59,63-64H,3-15,17,19,22-48,50-52,54-57H2,1-2H3,(H,62,65)/b18-16-,21-20-,53-49+. The molecule has 0 fully saturated rings. The molecule has 0 aliphatic heterocycles. The number of amides is 1. The highest BCUT2D eigenvalue weighted by Crippen LogP contribution is 2.16. The molecule has 2 atom stereocenters. The minimum atomic E-state index is -0.851. The molecule has 1 amide bonds. The highest BCUT2D eigenvalue weighted by molar-refractivity contribution is 5.76. The van der Waals surface area contributed by atoms with Crippen LogP contribution < -0.4 is 5.32 Å². The fourth-order valence-electron chi connectivity index (χ4n) is 9.03. The minimum Gasteiger partial charge on any atom is -0.466 e. The number of nitrogens with one attached hydrogen (secondary N) is 1. The maximum Gasteiger partial charge on any atom is 0.305 e. The van der Waals surface area contributed by atoms with E-state index in [1.807, 2.05) is 6.08 Å². The second-order valence-corrected chi connectivity index (χ2v) is 20.3. The Hall–Kier alpha value is -1.92. The smallest absolute Gasteiger partial charge is 0.305 e.